The highest BCUT2D eigenvalue weighted by molar-refractivity contribution is 5.81. The molecule has 2 aromatic heterocycles. The topological polar surface area (TPSA) is 63.1 Å². The molecule has 0 amide bonds. The lowest BCUT2D eigenvalue weighted by Gasteiger charge is -2.13. The zero-order chi connectivity index (χ0) is 19.2. The fourth-order valence-electron chi connectivity index (χ4n) is 3.11. The van der Waals surface area contributed by atoms with Crippen molar-refractivity contribution < 1.29 is 13.2 Å². The van der Waals surface area contributed by atoms with Crippen LogP contribution in [0.25, 0.3) is 16.6 Å². The van der Waals surface area contributed by atoms with E-state index in [4.69, 9.17) is 0 Å². The van der Waals surface area contributed by atoms with E-state index >= 15 is 0 Å². The maximum atomic E-state index is 13.0. The van der Waals surface area contributed by atoms with Crippen LogP contribution in [0.15, 0.2) is 59.5 Å². The fourth-order valence-corrected chi connectivity index (χ4v) is 3.11. The standard InChI is InChI=1S/C19H11F3N4O/c20-19(21,22)14-5-3-4-12(8-14)11-25-17-13(9-23)10-24-26(17)16-7-2-1-6-15(16)18(25)27/h1-8,10H,11H2. The summed E-state index contributed by atoms with van der Waals surface area (Å²) in [6.45, 7) is -0.114. The zero-order valence-electron chi connectivity index (χ0n) is 13.7. The third kappa shape index (κ3) is 2.73. The molecule has 2 heterocycles. The van der Waals surface area contributed by atoms with Crippen molar-refractivity contribution in [1.82, 2.24) is 14.2 Å². The van der Waals surface area contributed by atoms with E-state index in [2.05, 4.69) is 5.10 Å². The first-order chi connectivity index (χ1) is 12.9. The van der Waals surface area contributed by atoms with Gasteiger partial charge in [-0.25, -0.2) is 4.52 Å². The first-order valence-electron chi connectivity index (χ1n) is 7.95. The molecular formula is C19H11F3N4O. The average Bonchev–Trinajstić information content (AvgIpc) is 3.09. The van der Waals surface area contributed by atoms with Gasteiger partial charge in [0.25, 0.3) is 5.56 Å². The molecule has 0 aliphatic carbocycles. The van der Waals surface area contributed by atoms with E-state index in [-0.39, 0.29) is 17.8 Å². The maximum absolute atomic E-state index is 13.0. The number of aromatic nitrogens is 3. The van der Waals surface area contributed by atoms with Crippen molar-refractivity contribution >= 4 is 16.6 Å². The van der Waals surface area contributed by atoms with Crippen molar-refractivity contribution in [2.24, 2.45) is 0 Å². The van der Waals surface area contributed by atoms with Gasteiger partial charge in [0.05, 0.1) is 29.2 Å². The SMILES string of the molecule is N#Cc1cnn2c3ccccc3c(=O)n(Cc3cccc(C(F)(F)F)c3)c12. The predicted molar refractivity (Wildman–Crippen MR) is 92.2 cm³/mol. The van der Waals surface area contributed by atoms with Crippen LogP contribution in [0.1, 0.15) is 16.7 Å². The van der Waals surface area contributed by atoms with E-state index in [1.54, 1.807) is 24.3 Å². The van der Waals surface area contributed by atoms with Gasteiger partial charge in [0.2, 0.25) is 0 Å². The minimum absolute atomic E-state index is 0.114. The maximum Gasteiger partial charge on any atom is 0.416 e. The van der Waals surface area contributed by atoms with E-state index in [1.165, 1.54) is 27.4 Å². The number of benzene rings is 2. The number of alkyl halides is 3. The normalized spacial score (nSPS) is 11.8. The Bertz CT molecular complexity index is 1280. The van der Waals surface area contributed by atoms with Gasteiger partial charge in [-0.2, -0.15) is 23.5 Å². The average molecular weight is 368 g/mol. The van der Waals surface area contributed by atoms with E-state index in [0.717, 1.165) is 12.1 Å². The summed E-state index contributed by atoms with van der Waals surface area (Å²) in [5.74, 6) is 0. The molecule has 0 saturated carbocycles. The second-order valence-electron chi connectivity index (χ2n) is 6.01. The third-order valence-electron chi connectivity index (χ3n) is 4.32. The van der Waals surface area contributed by atoms with Gasteiger partial charge < -0.3 is 0 Å². The molecule has 0 radical (unpaired) electrons. The summed E-state index contributed by atoms with van der Waals surface area (Å²) in [5, 5.41) is 13.9. The number of fused-ring (bicyclic) bond motifs is 3. The molecule has 0 spiro atoms. The molecule has 2 aromatic carbocycles. The van der Waals surface area contributed by atoms with Gasteiger partial charge in [0.1, 0.15) is 11.6 Å². The van der Waals surface area contributed by atoms with Crippen LogP contribution in [0.2, 0.25) is 0 Å². The lowest BCUT2D eigenvalue weighted by molar-refractivity contribution is -0.137. The molecule has 4 aromatic rings. The van der Waals surface area contributed by atoms with E-state index in [0.29, 0.717) is 16.5 Å². The Hall–Kier alpha value is -3.60. The van der Waals surface area contributed by atoms with E-state index in [9.17, 15) is 23.2 Å². The van der Waals surface area contributed by atoms with Crippen molar-refractivity contribution in [3.63, 3.8) is 0 Å². The Balaban J connectivity index is 1.99. The van der Waals surface area contributed by atoms with Gasteiger partial charge in [-0.3, -0.25) is 9.36 Å². The molecular weight excluding hydrogens is 357 g/mol. The Morgan fingerprint density at radius 1 is 1.11 bits per heavy atom. The van der Waals surface area contributed by atoms with Crippen molar-refractivity contribution in [2.45, 2.75) is 12.7 Å². The molecule has 0 aliphatic rings. The summed E-state index contributed by atoms with van der Waals surface area (Å²) in [4.78, 5) is 13.0. The largest absolute Gasteiger partial charge is 0.416 e. The van der Waals surface area contributed by atoms with Gasteiger partial charge >= 0.3 is 6.18 Å². The zero-order valence-corrected chi connectivity index (χ0v) is 13.7. The van der Waals surface area contributed by atoms with Gasteiger partial charge in [0, 0.05) is 0 Å². The van der Waals surface area contributed by atoms with Crippen LogP contribution >= 0.6 is 0 Å². The summed E-state index contributed by atoms with van der Waals surface area (Å²) in [6, 6.07) is 13.5. The predicted octanol–water partition coefficient (Wildman–Crippen LogP) is 3.59. The number of hydrogen-bond acceptors (Lipinski definition) is 3. The summed E-state index contributed by atoms with van der Waals surface area (Å²) in [5.41, 5.74) is 0.0586. The molecule has 0 N–H and O–H groups in total. The highest BCUT2D eigenvalue weighted by Gasteiger charge is 2.30. The summed E-state index contributed by atoms with van der Waals surface area (Å²) < 4.78 is 41.7. The second kappa shape index (κ2) is 5.99. The molecule has 0 aliphatic heterocycles. The molecule has 134 valence electrons. The highest BCUT2D eigenvalue weighted by Crippen LogP contribution is 2.29. The Kier molecular flexibility index (Phi) is 3.73. The van der Waals surface area contributed by atoms with Gasteiger partial charge in [-0.1, -0.05) is 24.3 Å². The number of nitriles is 1. The number of para-hydroxylation sites is 1. The number of nitrogens with zero attached hydrogens (tertiary/aromatic N) is 4. The van der Waals surface area contributed by atoms with E-state index < -0.39 is 17.3 Å². The van der Waals surface area contributed by atoms with Crippen LogP contribution in [0, 0.1) is 11.3 Å². The first kappa shape index (κ1) is 16.8. The molecule has 4 rings (SSSR count). The minimum Gasteiger partial charge on any atom is -0.287 e. The van der Waals surface area contributed by atoms with Crippen LogP contribution in [-0.4, -0.2) is 14.2 Å². The molecule has 0 unspecified atom stereocenters. The first-order valence-corrected chi connectivity index (χ1v) is 7.95. The Morgan fingerprint density at radius 2 is 1.89 bits per heavy atom. The molecule has 5 nitrogen and oxygen atoms in total. The molecule has 0 bridgehead atoms. The van der Waals surface area contributed by atoms with Crippen molar-refractivity contribution in [3.05, 3.63) is 81.8 Å². The summed E-state index contributed by atoms with van der Waals surface area (Å²) in [7, 11) is 0. The van der Waals surface area contributed by atoms with Crippen LogP contribution in [0.3, 0.4) is 0 Å². The number of hydrogen-bond donors (Lipinski definition) is 0. The van der Waals surface area contributed by atoms with Crippen LogP contribution in [0.4, 0.5) is 13.2 Å². The quantitative estimate of drug-likeness (QED) is 0.543. The molecule has 8 heteroatoms. The molecule has 27 heavy (non-hydrogen) atoms. The van der Waals surface area contributed by atoms with Crippen molar-refractivity contribution in [2.75, 3.05) is 0 Å². The van der Waals surface area contributed by atoms with E-state index in [1.807, 2.05) is 6.07 Å². The number of halogens is 3. The Labute approximate surface area is 150 Å². The van der Waals surface area contributed by atoms with Crippen LogP contribution in [-0.2, 0) is 12.7 Å². The highest BCUT2D eigenvalue weighted by atomic mass is 19.4. The summed E-state index contributed by atoms with van der Waals surface area (Å²) >= 11 is 0. The lowest BCUT2D eigenvalue weighted by Crippen LogP contribution is -2.24. The van der Waals surface area contributed by atoms with Gasteiger partial charge in [0.15, 0.2) is 5.65 Å². The Morgan fingerprint density at radius 3 is 2.63 bits per heavy atom. The van der Waals surface area contributed by atoms with Crippen molar-refractivity contribution in [3.8, 4) is 6.07 Å². The second-order valence-corrected chi connectivity index (χ2v) is 6.01. The van der Waals surface area contributed by atoms with Crippen LogP contribution in [0.5, 0.6) is 0 Å². The van der Waals surface area contributed by atoms with Gasteiger partial charge in [-0.15, -0.1) is 0 Å². The van der Waals surface area contributed by atoms with Crippen LogP contribution < -0.4 is 5.56 Å². The summed E-state index contributed by atoms with van der Waals surface area (Å²) in [6.07, 6.45) is -3.14. The molecule has 0 fully saturated rings. The third-order valence-corrected chi connectivity index (χ3v) is 4.32. The fraction of sp³-hybridized carbons (Fsp3) is 0.105. The molecule has 0 saturated heterocycles. The van der Waals surface area contributed by atoms with Gasteiger partial charge in [-0.05, 0) is 29.8 Å². The monoisotopic (exact) mass is 368 g/mol. The number of rotatable bonds is 2. The lowest BCUT2D eigenvalue weighted by atomic mass is 10.1. The molecule has 0 atom stereocenters. The van der Waals surface area contributed by atoms with Crippen molar-refractivity contribution in [1.29, 1.82) is 5.26 Å². The minimum atomic E-state index is -4.48. The smallest absolute Gasteiger partial charge is 0.287 e.